The number of carbonyl (C=O) groups is 2. The van der Waals surface area contributed by atoms with E-state index in [1.165, 1.54) is 10.9 Å². The number of aromatic nitrogens is 4. The number of aliphatic hydroxyl groups excluding tert-OH is 2. The number of nitrogens with one attached hydrogen (secondary N) is 2. The van der Waals surface area contributed by atoms with E-state index in [0.29, 0.717) is 5.69 Å². The number of imidazole rings is 1. The number of carbonyl (C=O) groups excluding carboxylic acids is 1. The zero-order chi connectivity index (χ0) is 29.9. The molecule has 1 saturated heterocycles. The first-order chi connectivity index (χ1) is 19.3. The number of aliphatic carboxylic acids is 1. The molecule has 1 aliphatic heterocycles. The second kappa shape index (κ2) is 12.3. The maximum atomic E-state index is 12.4. The SMILES string of the molecule is NC(CP(=O)([O-])OP(=O)([O-])OC[C@H]1O[C@@H](n2cnc3c(NC(=O)Nc4ccccc4)ncnc32)[C@@H](O)C1O)C(=O)O. The average molecular weight is 615 g/mol. The van der Waals surface area contributed by atoms with Crippen molar-refractivity contribution in [2.24, 2.45) is 5.73 Å². The third-order valence-corrected chi connectivity index (χ3v) is 8.69. The Labute approximate surface area is 230 Å². The van der Waals surface area contributed by atoms with Gasteiger partial charge in [0.2, 0.25) is 0 Å². The zero-order valence-corrected chi connectivity index (χ0v) is 22.4. The number of aliphatic hydroxyl groups is 2. The fourth-order valence-corrected chi connectivity index (χ4v) is 6.35. The number of carboxylic acid groups (broad SMARTS) is 1. The first-order valence-electron chi connectivity index (χ1n) is 11.5. The van der Waals surface area contributed by atoms with Gasteiger partial charge in [0.15, 0.2) is 23.2 Å². The molecule has 0 spiro atoms. The predicted octanol–water partition coefficient (Wildman–Crippen LogP) is -1.44. The highest BCUT2D eigenvalue weighted by Crippen LogP contribution is 2.55. The number of hydrogen-bond donors (Lipinski definition) is 6. The summed E-state index contributed by atoms with van der Waals surface area (Å²) in [7, 11) is -10.9. The summed E-state index contributed by atoms with van der Waals surface area (Å²) in [5, 5.41) is 34.8. The van der Waals surface area contributed by atoms with Crippen LogP contribution in [0, 0.1) is 0 Å². The van der Waals surface area contributed by atoms with Crippen LogP contribution in [0.2, 0.25) is 0 Å². The van der Waals surface area contributed by atoms with Gasteiger partial charge >= 0.3 is 12.0 Å². The van der Waals surface area contributed by atoms with Gasteiger partial charge in [-0.2, -0.15) is 0 Å². The monoisotopic (exact) mass is 615 g/mol. The normalized spacial score (nSPS) is 24.3. The van der Waals surface area contributed by atoms with E-state index < -0.39 is 70.8 Å². The van der Waals surface area contributed by atoms with Crippen LogP contribution < -0.4 is 26.2 Å². The van der Waals surface area contributed by atoms with E-state index in [1.807, 2.05) is 0 Å². The van der Waals surface area contributed by atoms with Crippen LogP contribution in [-0.2, 0) is 27.5 Å². The molecule has 0 radical (unpaired) electrons. The molecule has 4 rings (SSSR count). The number of hydrogen-bond acceptors (Lipinski definition) is 15. The minimum Gasteiger partial charge on any atom is -0.778 e. The first kappa shape index (κ1) is 30.6. The predicted molar refractivity (Wildman–Crippen MR) is 133 cm³/mol. The number of amides is 2. The summed E-state index contributed by atoms with van der Waals surface area (Å²) < 4.78 is 39.0. The average Bonchev–Trinajstić information content (AvgIpc) is 3.44. The molecule has 0 saturated carbocycles. The van der Waals surface area contributed by atoms with E-state index in [2.05, 4.69) is 34.4 Å². The molecule has 1 aliphatic rings. The molecule has 222 valence electrons. The molecule has 0 bridgehead atoms. The summed E-state index contributed by atoms with van der Waals surface area (Å²) in [6, 6.07) is 5.98. The number of fused-ring (bicyclic) bond motifs is 1. The van der Waals surface area contributed by atoms with E-state index in [0.717, 1.165) is 6.33 Å². The molecule has 41 heavy (non-hydrogen) atoms. The number of nitrogens with zero attached hydrogens (tertiary/aromatic N) is 4. The lowest BCUT2D eigenvalue weighted by Crippen LogP contribution is -2.36. The molecule has 3 heterocycles. The van der Waals surface area contributed by atoms with Crippen molar-refractivity contribution in [2.45, 2.75) is 30.6 Å². The number of anilines is 2. The second-order valence-corrected chi connectivity index (χ2v) is 12.0. The number of urea groups is 1. The van der Waals surface area contributed by atoms with Gasteiger partial charge < -0.3 is 50.0 Å². The molecule has 1 fully saturated rings. The number of nitrogens with two attached hydrogens (primary N) is 1. The first-order valence-corrected chi connectivity index (χ1v) is 14.7. The van der Waals surface area contributed by atoms with Gasteiger partial charge in [-0.25, -0.2) is 19.7 Å². The van der Waals surface area contributed by atoms with Crippen molar-refractivity contribution in [2.75, 3.05) is 23.4 Å². The maximum Gasteiger partial charge on any atom is 0.324 e. The van der Waals surface area contributed by atoms with Crippen molar-refractivity contribution < 1.29 is 57.4 Å². The van der Waals surface area contributed by atoms with Gasteiger partial charge in [-0.15, -0.1) is 0 Å². The summed E-state index contributed by atoms with van der Waals surface area (Å²) in [5.41, 5.74) is 5.75. The summed E-state index contributed by atoms with van der Waals surface area (Å²) in [6.45, 7) is -0.992. The van der Waals surface area contributed by atoms with Gasteiger partial charge in [-0.3, -0.25) is 23.6 Å². The number of para-hydroxylation sites is 1. The van der Waals surface area contributed by atoms with Crippen LogP contribution in [0.1, 0.15) is 6.23 Å². The van der Waals surface area contributed by atoms with E-state index in [-0.39, 0.29) is 17.0 Å². The Balaban J connectivity index is 1.42. The van der Waals surface area contributed by atoms with E-state index in [4.69, 9.17) is 15.6 Å². The van der Waals surface area contributed by atoms with Crippen molar-refractivity contribution >= 4 is 50.1 Å². The lowest BCUT2D eigenvalue weighted by atomic mass is 10.1. The standard InChI is InChI=1S/C20H25N7O12P2/c21-11(19(30)31)7-40(33,34)39-41(35,36)37-6-12-14(28)15(29)18(38-12)27-9-24-13-16(22-8-23-17(13)27)26-20(32)25-10-4-2-1-3-5-10/h1-5,8-9,11-12,14-15,18,28-29H,6-7,21H2,(H,30,31)(H,33,34)(H,35,36)(H2,22,23,25,26,32)/p-2/t11?,12-,14?,15+,18-/m1/s1. The molecule has 7 N–H and O–H groups in total. The van der Waals surface area contributed by atoms with Crippen molar-refractivity contribution in [3.63, 3.8) is 0 Å². The topological polar surface area (TPSA) is 296 Å². The van der Waals surface area contributed by atoms with Gasteiger partial charge in [0.05, 0.1) is 12.9 Å². The Kier molecular flexibility index (Phi) is 9.15. The lowest BCUT2D eigenvalue weighted by Gasteiger charge is -2.32. The number of rotatable bonds is 11. The molecule has 4 unspecified atom stereocenters. The molecule has 0 aliphatic carbocycles. The van der Waals surface area contributed by atoms with Crippen molar-refractivity contribution in [3.05, 3.63) is 43.0 Å². The van der Waals surface area contributed by atoms with Crippen LogP contribution in [-0.4, -0.2) is 84.0 Å². The summed E-state index contributed by atoms with van der Waals surface area (Å²) in [4.78, 5) is 59.2. The number of phosphoric ester groups is 1. The molecular formula is C20H23N7O12P2-2. The third-order valence-electron chi connectivity index (χ3n) is 5.59. The van der Waals surface area contributed by atoms with Gasteiger partial charge in [0, 0.05) is 11.8 Å². The smallest absolute Gasteiger partial charge is 0.324 e. The number of carboxylic acids is 1. The van der Waals surface area contributed by atoms with Crippen LogP contribution >= 0.6 is 15.4 Å². The third kappa shape index (κ3) is 7.49. The number of benzene rings is 1. The lowest BCUT2D eigenvalue weighted by molar-refractivity contribution is -0.234. The zero-order valence-electron chi connectivity index (χ0n) is 20.6. The number of ether oxygens (including phenoxy) is 1. The largest absolute Gasteiger partial charge is 0.778 e. The Morgan fingerprint density at radius 3 is 2.51 bits per heavy atom. The van der Waals surface area contributed by atoms with Crippen LogP contribution in [0.15, 0.2) is 43.0 Å². The molecule has 7 atom stereocenters. The highest BCUT2D eigenvalue weighted by atomic mass is 31.3. The van der Waals surface area contributed by atoms with Crippen molar-refractivity contribution in [3.8, 4) is 0 Å². The minimum absolute atomic E-state index is 0.00389. The molecule has 2 amide bonds. The van der Waals surface area contributed by atoms with Crippen LogP contribution in [0.4, 0.5) is 16.3 Å². The second-order valence-electron chi connectivity index (χ2n) is 8.60. The van der Waals surface area contributed by atoms with Crippen molar-refractivity contribution in [1.82, 2.24) is 19.5 Å². The molecule has 2 aromatic heterocycles. The molecule has 21 heteroatoms. The highest BCUT2D eigenvalue weighted by Gasteiger charge is 2.45. The van der Waals surface area contributed by atoms with Gasteiger partial charge in [0.1, 0.15) is 38.3 Å². The van der Waals surface area contributed by atoms with Crippen molar-refractivity contribution in [1.29, 1.82) is 0 Å². The summed E-state index contributed by atoms with van der Waals surface area (Å²) in [5.74, 6) is -1.70. The Morgan fingerprint density at radius 2 is 1.83 bits per heavy atom. The van der Waals surface area contributed by atoms with Gasteiger partial charge in [-0.1, -0.05) is 18.2 Å². The van der Waals surface area contributed by atoms with Gasteiger partial charge in [-0.05, 0) is 12.1 Å². The van der Waals surface area contributed by atoms with E-state index in [1.54, 1.807) is 30.3 Å². The molecule has 19 nitrogen and oxygen atoms in total. The fraction of sp³-hybridized carbons (Fsp3) is 0.350. The Hall–Kier alpha value is -3.35. The van der Waals surface area contributed by atoms with Crippen LogP contribution in [0.3, 0.4) is 0 Å². The molecule has 3 aromatic rings. The Morgan fingerprint density at radius 1 is 1.12 bits per heavy atom. The van der Waals surface area contributed by atoms with Crippen LogP contribution in [0.5, 0.6) is 0 Å². The highest BCUT2D eigenvalue weighted by molar-refractivity contribution is 7.62. The molecular weight excluding hydrogens is 592 g/mol. The molecule has 1 aromatic carbocycles. The quantitative estimate of drug-likeness (QED) is 0.135. The van der Waals surface area contributed by atoms with E-state index >= 15 is 0 Å². The van der Waals surface area contributed by atoms with Gasteiger partial charge in [0.25, 0.3) is 7.82 Å². The summed E-state index contributed by atoms with van der Waals surface area (Å²) >= 11 is 0. The summed E-state index contributed by atoms with van der Waals surface area (Å²) in [6.07, 6.45) is -5.35. The van der Waals surface area contributed by atoms with E-state index in [9.17, 15) is 38.7 Å². The minimum atomic E-state index is -5.60. The fourth-order valence-electron chi connectivity index (χ4n) is 3.71. The number of phosphoric acid groups is 1. The van der Waals surface area contributed by atoms with Crippen LogP contribution in [0.25, 0.3) is 11.2 Å². The maximum absolute atomic E-state index is 12.4. The Bertz CT molecular complexity index is 1510.